The first kappa shape index (κ1) is 20.7. The molecule has 1 saturated heterocycles. The molecular weight excluding hydrogens is 390 g/mol. The highest BCUT2D eigenvalue weighted by atomic mass is 14.9. The van der Waals surface area contributed by atoms with Crippen LogP contribution in [0.4, 0.5) is 5.69 Å². The molecule has 1 fully saturated rings. The van der Waals surface area contributed by atoms with E-state index in [4.69, 9.17) is 4.98 Å². The van der Waals surface area contributed by atoms with Crippen LogP contribution < -0.4 is 10.6 Å². The first-order valence-electron chi connectivity index (χ1n) is 11.9. The molecule has 32 heavy (non-hydrogen) atoms. The molecule has 3 heteroatoms. The average molecular weight is 422 g/mol. The second-order valence-corrected chi connectivity index (χ2v) is 8.80. The normalized spacial score (nSPS) is 16.2. The lowest BCUT2D eigenvalue weighted by Gasteiger charge is -2.22. The summed E-state index contributed by atoms with van der Waals surface area (Å²) in [5.41, 5.74) is 6.84. The number of anilines is 1. The molecule has 5 rings (SSSR count). The third-order valence-corrected chi connectivity index (χ3v) is 6.51. The third-order valence-electron chi connectivity index (χ3n) is 6.51. The minimum Gasteiger partial charge on any atom is -0.384 e. The van der Waals surface area contributed by atoms with Gasteiger partial charge in [0.25, 0.3) is 0 Å². The molecule has 3 aromatic carbocycles. The molecule has 3 nitrogen and oxygen atoms in total. The van der Waals surface area contributed by atoms with Gasteiger partial charge in [0.05, 0.1) is 11.2 Å². The fourth-order valence-corrected chi connectivity index (χ4v) is 4.72. The van der Waals surface area contributed by atoms with Gasteiger partial charge < -0.3 is 10.6 Å². The molecule has 0 aliphatic carbocycles. The largest absolute Gasteiger partial charge is 0.384 e. The summed E-state index contributed by atoms with van der Waals surface area (Å²) < 4.78 is 0. The van der Waals surface area contributed by atoms with Crippen molar-refractivity contribution in [1.82, 2.24) is 10.3 Å². The van der Waals surface area contributed by atoms with Crippen molar-refractivity contribution >= 4 is 16.6 Å². The fraction of sp³-hybridized carbons (Fsp3) is 0.276. The first-order valence-corrected chi connectivity index (χ1v) is 11.9. The van der Waals surface area contributed by atoms with Crippen molar-refractivity contribution in [2.45, 2.75) is 25.7 Å². The summed E-state index contributed by atoms with van der Waals surface area (Å²) in [6.07, 6.45) is 5.18. The first-order chi connectivity index (χ1) is 15.9. The Bertz CT molecular complexity index is 1150. The molecule has 1 atom stereocenters. The second kappa shape index (κ2) is 9.97. The van der Waals surface area contributed by atoms with Gasteiger partial charge in [-0.25, -0.2) is 4.98 Å². The number of piperidine rings is 1. The van der Waals surface area contributed by atoms with Gasteiger partial charge in [-0.1, -0.05) is 72.8 Å². The second-order valence-electron chi connectivity index (χ2n) is 8.80. The zero-order valence-electron chi connectivity index (χ0n) is 18.6. The van der Waals surface area contributed by atoms with Crippen LogP contribution in [0.3, 0.4) is 0 Å². The van der Waals surface area contributed by atoms with Crippen molar-refractivity contribution in [3.05, 3.63) is 84.9 Å². The van der Waals surface area contributed by atoms with Crippen LogP contribution in [0.15, 0.2) is 84.9 Å². The van der Waals surface area contributed by atoms with Gasteiger partial charge >= 0.3 is 0 Å². The van der Waals surface area contributed by atoms with Crippen LogP contribution >= 0.6 is 0 Å². The molecule has 2 N–H and O–H groups in total. The Morgan fingerprint density at radius 3 is 2.41 bits per heavy atom. The molecule has 1 unspecified atom stereocenters. The number of nitrogens with one attached hydrogen (secondary N) is 2. The lowest BCUT2D eigenvalue weighted by Crippen LogP contribution is -2.29. The van der Waals surface area contributed by atoms with Crippen LogP contribution in [0.25, 0.3) is 33.3 Å². The molecule has 4 aromatic rings. The minimum absolute atomic E-state index is 0.832. The molecule has 1 aromatic heterocycles. The van der Waals surface area contributed by atoms with Crippen molar-refractivity contribution in [2.24, 2.45) is 5.92 Å². The topological polar surface area (TPSA) is 37.0 Å². The molecule has 162 valence electrons. The Morgan fingerprint density at radius 2 is 1.59 bits per heavy atom. The Kier molecular flexibility index (Phi) is 6.45. The monoisotopic (exact) mass is 421 g/mol. The van der Waals surface area contributed by atoms with Gasteiger partial charge in [-0.2, -0.15) is 0 Å². The van der Waals surface area contributed by atoms with Gasteiger partial charge in [-0.05, 0) is 68.0 Å². The van der Waals surface area contributed by atoms with Gasteiger partial charge in [0.1, 0.15) is 0 Å². The number of hydrogen-bond acceptors (Lipinski definition) is 3. The lowest BCUT2D eigenvalue weighted by molar-refractivity contribution is 0.353. The van der Waals surface area contributed by atoms with Gasteiger partial charge in [0, 0.05) is 23.2 Å². The number of hydrogen-bond donors (Lipinski definition) is 2. The molecular formula is C29H31N3. The highest BCUT2D eigenvalue weighted by molar-refractivity contribution is 5.93. The summed E-state index contributed by atoms with van der Waals surface area (Å²) in [5, 5.41) is 8.43. The maximum absolute atomic E-state index is 4.96. The Labute approximate surface area is 190 Å². The fourth-order valence-electron chi connectivity index (χ4n) is 4.72. The quantitative estimate of drug-likeness (QED) is 0.324. The van der Waals surface area contributed by atoms with E-state index in [2.05, 4.69) is 95.6 Å². The molecule has 0 amide bonds. The standard InChI is InChI=1S/C29H31N3/c1-2-10-23(11-3-1)24-14-16-25(17-15-24)28-20-29(26-12-4-5-13-27(26)32-28)31-19-7-9-22-8-6-18-30-21-22/h1-5,10-17,20,22,30H,6-9,18-19,21H2,(H,31,32). The number of rotatable bonds is 7. The van der Waals surface area contributed by atoms with E-state index in [1.165, 1.54) is 61.0 Å². The highest BCUT2D eigenvalue weighted by Crippen LogP contribution is 2.30. The molecule has 0 saturated carbocycles. The van der Waals surface area contributed by atoms with Gasteiger partial charge in [-0.3, -0.25) is 0 Å². The molecule has 0 radical (unpaired) electrons. The van der Waals surface area contributed by atoms with E-state index in [1.807, 2.05) is 0 Å². The summed E-state index contributed by atoms with van der Waals surface area (Å²) in [6.45, 7) is 3.37. The van der Waals surface area contributed by atoms with Crippen LogP contribution in [0.1, 0.15) is 25.7 Å². The average Bonchev–Trinajstić information content (AvgIpc) is 2.87. The number of fused-ring (bicyclic) bond motifs is 1. The van der Waals surface area contributed by atoms with Crippen molar-refractivity contribution in [3.8, 4) is 22.4 Å². The maximum atomic E-state index is 4.96. The predicted octanol–water partition coefficient (Wildman–Crippen LogP) is 6.76. The van der Waals surface area contributed by atoms with Crippen LogP contribution in [0, 0.1) is 5.92 Å². The SMILES string of the molecule is c1ccc(-c2ccc(-c3cc(NCCCC4CCCNC4)c4ccccc4n3)cc2)cc1. The molecule has 2 heterocycles. The highest BCUT2D eigenvalue weighted by Gasteiger charge is 2.12. The van der Waals surface area contributed by atoms with E-state index in [1.54, 1.807) is 0 Å². The van der Waals surface area contributed by atoms with E-state index >= 15 is 0 Å². The number of benzene rings is 3. The number of nitrogens with zero attached hydrogens (tertiary/aromatic N) is 1. The van der Waals surface area contributed by atoms with E-state index in [0.717, 1.165) is 29.2 Å². The predicted molar refractivity (Wildman–Crippen MR) is 136 cm³/mol. The van der Waals surface area contributed by atoms with Crippen LogP contribution in [0.2, 0.25) is 0 Å². The molecule has 1 aliphatic heterocycles. The Balaban J connectivity index is 1.34. The number of pyridine rings is 1. The van der Waals surface area contributed by atoms with Gasteiger partial charge in [0.2, 0.25) is 0 Å². The van der Waals surface area contributed by atoms with Crippen LogP contribution in [0.5, 0.6) is 0 Å². The zero-order valence-corrected chi connectivity index (χ0v) is 18.6. The Morgan fingerprint density at radius 1 is 0.844 bits per heavy atom. The Hall–Kier alpha value is -3.17. The summed E-state index contributed by atoms with van der Waals surface area (Å²) in [4.78, 5) is 4.96. The van der Waals surface area contributed by atoms with Gasteiger partial charge in [-0.15, -0.1) is 0 Å². The van der Waals surface area contributed by atoms with E-state index in [9.17, 15) is 0 Å². The van der Waals surface area contributed by atoms with Crippen LogP contribution in [-0.2, 0) is 0 Å². The summed E-state index contributed by atoms with van der Waals surface area (Å²) in [6, 6.07) is 29.9. The minimum atomic E-state index is 0.832. The number of aromatic nitrogens is 1. The lowest BCUT2D eigenvalue weighted by atomic mass is 9.95. The van der Waals surface area contributed by atoms with E-state index < -0.39 is 0 Å². The molecule has 0 spiro atoms. The summed E-state index contributed by atoms with van der Waals surface area (Å²) >= 11 is 0. The van der Waals surface area contributed by atoms with Crippen molar-refractivity contribution in [1.29, 1.82) is 0 Å². The third kappa shape index (κ3) is 4.84. The smallest absolute Gasteiger partial charge is 0.0730 e. The van der Waals surface area contributed by atoms with E-state index in [-0.39, 0.29) is 0 Å². The van der Waals surface area contributed by atoms with Gasteiger partial charge in [0.15, 0.2) is 0 Å². The maximum Gasteiger partial charge on any atom is 0.0730 e. The van der Waals surface area contributed by atoms with Crippen molar-refractivity contribution in [2.75, 3.05) is 25.0 Å². The van der Waals surface area contributed by atoms with Crippen molar-refractivity contribution in [3.63, 3.8) is 0 Å². The van der Waals surface area contributed by atoms with E-state index in [0.29, 0.717) is 0 Å². The van der Waals surface area contributed by atoms with Crippen molar-refractivity contribution < 1.29 is 0 Å². The number of para-hydroxylation sites is 1. The van der Waals surface area contributed by atoms with Crippen LogP contribution in [-0.4, -0.2) is 24.6 Å². The summed E-state index contributed by atoms with van der Waals surface area (Å²) in [5.74, 6) is 0.832. The summed E-state index contributed by atoms with van der Waals surface area (Å²) in [7, 11) is 0. The molecule has 1 aliphatic rings. The molecule has 0 bridgehead atoms. The zero-order chi connectivity index (χ0) is 21.6.